The van der Waals surface area contributed by atoms with E-state index in [0.717, 1.165) is 23.1 Å². The number of halogens is 1. The third-order valence-electron chi connectivity index (χ3n) is 2.45. The van der Waals surface area contributed by atoms with Gasteiger partial charge in [-0.05, 0) is 24.6 Å². The molecule has 0 unspecified atom stereocenters. The van der Waals surface area contributed by atoms with Gasteiger partial charge < -0.3 is 0 Å². The molecule has 82 valence electrons. The first-order chi connectivity index (χ1) is 7.61. The van der Waals surface area contributed by atoms with E-state index in [0.29, 0.717) is 10.6 Å². The minimum absolute atomic E-state index is 0.468. The molecule has 0 fully saturated rings. The maximum atomic E-state index is 10.6. The van der Waals surface area contributed by atoms with Crippen LogP contribution in [0.4, 0.5) is 0 Å². The molecule has 2 rings (SSSR count). The molecular weight excluding hydrogens is 224 g/mol. The van der Waals surface area contributed by atoms with Crippen molar-refractivity contribution >= 4 is 17.9 Å². The van der Waals surface area contributed by atoms with Crippen molar-refractivity contribution in [3.8, 4) is 11.1 Å². The van der Waals surface area contributed by atoms with Crippen LogP contribution in [-0.2, 0) is 7.05 Å². The SMILES string of the molecule is Cc1nn(C)cc1-c1ccc(C=O)c(Cl)c1. The lowest BCUT2D eigenvalue weighted by Gasteiger charge is -2.01. The van der Waals surface area contributed by atoms with Crippen molar-refractivity contribution in [2.75, 3.05) is 0 Å². The molecule has 1 aromatic heterocycles. The number of rotatable bonds is 2. The molecule has 0 amide bonds. The smallest absolute Gasteiger partial charge is 0.151 e. The van der Waals surface area contributed by atoms with E-state index >= 15 is 0 Å². The van der Waals surface area contributed by atoms with Gasteiger partial charge in [0.15, 0.2) is 6.29 Å². The van der Waals surface area contributed by atoms with Gasteiger partial charge in [0, 0.05) is 24.4 Å². The van der Waals surface area contributed by atoms with Crippen LogP contribution in [0.5, 0.6) is 0 Å². The van der Waals surface area contributed by atoms with Crippen molar-refractivity contribution in [3.05, 3.63) is 40.7 Å². The van der Waals surface area contributed by atoms with Crippen molar-refractivity contribution in [3.63, 3.8) is 0 Å². The van der Waals surface area contributed by atoms with Crippen LogP contribution < -0.4 is 0 Å². The summed E-state index contributed by atoms with van der Waals surface area (Å²) in [5.41, 5.74) is 3.45. The van der Waals surface area contributed by atoms with E-state index in [1.54, 1.807) is 16.8 Å². The molecule has 1 aromatic carbocycles. The van der Waals surface area contributed by atoms with E-state index in [1.165, 1.54) is 0 Å². The van der Waals surface area contributed by atoms with Gasteiger partial charge in [0.1, 0.15) is 0 Å². The van der Waals surface area contributed by atoms with E-state index < -0.39 is 0 Å². The molecule has 0 aliphatic rings. The zero-order valence-electron chi connectivity index (χ0n) is 9.07. The van der Waals surface area contributed by atoms with Crippen LogP contribution in [0.15, 0.2) is 24.4 Å². The van der Waals surface area contributed by atoms with Gasteiger partial charge in [-0.15, -0.1) is 0 Å². The highest BCUT2D eigenvalue weighted by molar-refractivity contribution is 6.33. The van der Waals surface area contributed by atoms with Crippen LogP contribution in [0, 0.1) is 6.92 Å². The lowest BCUT2D eigenvalue weighted by molar-refractivity contribution is 0.112. The second-order valence-electron chi connectivity index (χ2n) is 3.66. The number of nitrogens with zero attached hydrogens (tertiary/aromatic N) is 2. The van der Waals surface area contributed by atoms with Gasteiger partial charge in [-0.1, -0.05) is 17.7 Å². The van der Waals surface area contributed by atoms with E-state index in [4.69, 9.17) is 11.6 Å². The standard InChI is InChI=1S/C12H11ClN2O/c1-8-11(6-15(2)14-8)9-3-4-10(7-16)12(13)5-9/h3-7H,1-2H3. The summed E-state index contributed by atoms with van der Waals surface area (Å²) in [4.78, 5) is 10.6. The highest BCUT2D eigenvalue weighted by Crippen LogP contribution is 2.26. The van der Waals surface area contributed by atoms with Crippen molar-refractivity contribution in [1.29, 1.82) is 0 Å². The Kier molecular flexibility index (Phi) is 2.79. The molecule has 0 aliphatic heterocycles. The fraction of sp³-hybridized carbons (Fsp3) is 0.167. The van der Waals surface area contributed by atoms with Gasteiger partial charge in [0.25, 0.3) is 0 Å². The molecule has 1 heterocycles. The quantitative estimate of drug-likeness (QED) is 0.749. The zero-order chi connectivity index (χ0) is 11.7. The Hall–Kier alpha value is -1.61. The molecule has 0 aliphatic carbocycles. The van der Waals surface area contributed by atoms with Gasteiger partial charge in [0.2, 0.25) is 0 Å². The minimum Gasteiger partial charge on any atom is -0.298 e. The topological polar surface area (TPSA) is 34.9 Å². The number of hydrogen-bond acceptors (Lipinski definition) is 2. The number of benzene rings is 1. The maximum Gasteiger partial charge on any atom is 0.151 e. The minimum atomic E-state index is 0.468. The van der Waals surface area contributed by atoms with Crippen molar-refractivity contribution in [2.24, 2.45) is 7.05 Å². The van der Waals surface area contributed by atoms with Gasteiger partial charge in [0.05, 0.1) is 10.7 Å². The second kappa shape index (κ2) is 4.10. The Labute approximate surface area is 98.7 Å². The number of aldehydes is 1. The summed E-state index contributed by atoms with van der Waals surface area (Å²) < 4.78 is 1.76. The van der Waals surface area contributed by atoms with E-state index in [1.807, 2.05) is 26.2 Å². The molecule has 0 saturated heterocycles. The van der Waals surface area contributed by atoms with Crippen molar-refractivity contribution in [2.45, 2.75) is 6.92 Å². The first-order valence-electron chi connectivity index (χ1n) is 4.87. The highest BCUT2D eigenvalue weighted by Gasteiger charge is 2.08. The first kappa shape index (κ1) is 10.9. The van der Waals surface area contributed by atoms with Crippen LogP contribution in [0.2, 0.25) is 5.02 Å². The lowest BCUT2D eigenvalue weighted by Crippen LogP contribution is -1.86. The molecule has 0 spiro atoms. The molecule has 4 heteroatoms. The number of aromatic nitrogens is 2. The predicted molar refractivity (Wildman–Crippen MR) is 63.8 cm³/mol. The van der Waals surface area contributed by atoms with Gasteiger partial charge in [-0.3, -0.25) is 9.48 Å². The van der Waals surface area contributed by atoms with Gasteiger partial charge in [-0.2, -0.15) is 5.10 Å². The molecule has 2 aromatic rings. The maximum absolute atomic E-state index is 10.6. The molecule has 0 N–H and O–H groups in total. The molecule has 16 heavy (non-hydrogen) atoms. The first-order valence-corrected chi connectivity index (χ1v) is 5.25. The third-order valence-corrected chi connectivity index (χ3v) is 2.78. The Morgan fingerprint density at radius 2 is 2.19 bits per heavy atom. The summed E-state index contributed by atoms with van der Waals surface area (Å²) in [6, 6.07) is 5.38. The summed E-state index contributed by atoms with van der Waals surface area (Å²) in [6.45, 7) is 1.94. The highest BCUT2D eigenvalue weighted by atomic mass is 35.5. The Morgan fingerprint density at radius 3 is 2.69 bits per heavy atom. The summed E-state index contributed by atoms with van der Waals surface area (Å²) in [6.07, 6.45) is 2.68. The van der Waals surface area contributed by atoms with Crippen LogP contribution in [-0.4, -0.2) is 16.1 Å². The lowest BCUT2D eigenvalue weighted by atomic mass is 10.1. The van der Waals surface area contributed by atoms with Crippen molar-refractivity contribution in [1.82, 2.24) is 9.78 Å². The Balaban J connectivity index is 2.53. The molecule has 0 radical (unpaired) electrons. The van der Waals surface area contributed by atoms with Crippen LogP contribution in [0.1, 0.15) is 16.1 Å². The fourth-order valence-electron chi connectivity index (χ4n) is 1.67. The predicted octanol–water partition coefficient (Wildman–Crippen LogP) is 2.86. The summed E-state index contributed by atoms with van der Waals surface area (Å²) in [5, 5.41) is 4.73. The second-order valence-corrected chi connectivity index (χ2v) is 4.06. The summed E-state index contributed by atoms with van der Waals surface area (Å²) >= 11 is 5.98. The average Bonchev–Trinajstić information content (AvgIpc) is 2.58. The largest absolute Gasteiger partial charge is 0.298 e. The zero-order valence-corrected chi connectivity index (χ0v) is 9.82. The number of carbonyl (C=O) groups is 1. The van der Waals surface area contributed by atoms with Crippen molar-refractivity contribution < 1.29 is 4.79 Å². The normalized spacial score (nSPS) is 10.4. The molecule has 0 atom stereocenters. The third kappa shape index (κ3) is 1.86. The number of carbonyl (C=O) groups excluding carboxylic acids is 1. The fourth-order valence-corrected chi connectivity index (χ4v) is 1.90. The molecule has 0 saturated carbocycles. The number of aryl methyl sites for hydroxylation is 2. The molecular formula is C12H11ClN2O. The summed E-state index contributed by atoms with van der Waals surface area (Å²) in [7, 11) is 1.87. The molecule has 3 nitrogen and oxygen atoms in total. The Bertz CT molecular complexity index is 546. The monoisotopic (exact) mass is 234 g/mol. The molecule has 0 bridgehead atoms. The van der Waals surface area contributed by atoms with Crippen LogP contribution >= 0.6 is 11.6 Å². The summed E-state index contributed by atoms with van der Waals surface area (Å²) in [5.74, 6) is 0. The van der Waals surface area contributed by atoms with Crippen LogP contribution in [0.3, 0.4) is 0 Å². The average molecular weight is 235 g/mol. The van der Waals surface area contributed by atoms with E-state index in [9.17, 15) is 4.79 Å². The van der Waals surface area contributed by atoms with Gasteiger partial charge in [-0.25, -0.2) is 0 Å². The Morgan fingerprint density at radius 1 is 1.44 bits per heavy atom. The van der Waals surface area contributed by atoms with Crippen LogP contribution in [0.25, 0.3) is 11.1 Å². The van der Waals surface area contributed by atoms with E-state index in [-0.39, 0.29) is 0 Å². The number of hydrogen-bond donors (Lipinski definition) is 0. The van der Waals surface area contributed by atoms with E-state index in [2.05, 4.69) is 5.10 Å². The van der Waals surface area contributed by atoms with Gasteiger partial charge >= 0.3 is 0 Å².